The van der Waals surface area contributed by atoms with E-state index in [4.69, 9.17) is 4.74 Å². The number of hydrogen-bond donors (Lipinski definition) is 0. The molecule has 7 heteroatoms. The maximum Gasteiger partial charge on any atom is 0.196 e. The molecule has 1 heterocycles. The molecule has 0 saturated carbocycles. The van der Waals surface area contributed by atoms with E-state index in [1.807, 2.05) is 6.07 Å². The number of ether oxygens (including phenoxy) is 1. The number of hydrogen-bond acceptors (Lipinski definition) is 5. The zero-order valence-electron chi connectivity index (χ0n) is 11.8. The zero-order chi connectivity index (χ0) is 16.3. The predicted molar refractivity (Wildman–Crippen MR) is 76.7 cm³/mol. The van der Waals surface area contributed by atoms with Gasteiger partial charge in [-0.25, -0.2) is 13.8 Å². The van der Waals surface area contributed by atoms with Crippen LogP contribution in [0, 0.1) is 29.9 Å². The maximum atomic E-state index is 13.1. The van der Waals surface area contributed by atoms with Crippen LogP contribution in [0.15, 0.2) is 23.6 Å². The Morgan fingerprint density at radius 1 is 1.41 bits per heavy atom. The molecule has 0 aliphatic carbocycles. The molecule has 1 aromatic heterocycles. The van der Waals surface area contributed by atoms with Crippen LogP contribution in [0.25, 0.3) is 0 Å². The van der Waals surface area contributed by atoms with Crippen LogP contribution >= 0.6 is 11.3 Å². The Morgan fingerprint density at radius 2 is 2.14 bits per heavy atom. The minimum absolute atomic E-state index is 0.0201. The highest BCUT2D eigenvalue weighted by atomic mass is 32.1. The van der Waals surface area contributed by atoms with Crippen molar-refractivity contribution in [3.05, 3.63) is 45.9 Å². The third-order valence-corrected chi connectivity index (χ3v) is 3.93. The number of thiazole rings is 1. The topological polar surface area (TPSA) is 63.0 Å². The molecule has 0 radical (unpaired) electrons. The van der Waals surface area contributed by atoms with Gasteiger partial charge in [-0.2, -0.15) is 5.26 Å². The number of benzene rings is 1. The number of nitriles is 1. The van der Waals surface area contributed by atoms with E-state index in [1.54, 1.807) is 12.3 Å². The zero-order valence-corrected chi connectivity index (χ0v) is 12.7. The quantitative estimate of drug-likeness (QED) is 0.846. The first-order chi connectivity index (χ1) is 10.4. The number of aromatic nitrogens is 1. The van der Waals surface area contributed by atoms with Crippen molar-refractivity contribution in [2.45, 2.75) is 25.9 Å². The molecule has 0 fully saturated rings. The molecule has 0 bridgehead atoms. The third kappa shape index (κ3) is 3.46. The first-order valence-corrected chi connectivity index (χ1v) is 7.27. The molecule has 0 N–H and O–H groups in total. The van der Waals surface area contributed by atoms with Crippen molar-refractivity contribution in [2.24, 2.45) is 0 Å². The lowest BCUT2D eigenvalue weighted by molar-refractivity contribution is -0.125. The van der Waals surface area contributed by atoms with Crippen LogP contribution in [-0.4, -0.2) is 16.9 Å². The van der Waals surface area contributed by atoms with Crippen LogP contribution in [0.3, 0.4) is 0 Å². The van der Waals surface area contributed by atoms with Crippen molar-refractivity contribution in [3.63, 3.8) is 0 Å². The lowest BCUT2D eigenvalue weighted by Crippen LogP contribution is -2.28. The van der Waals surface area contributed by atoms with E-state index in [9.17, 15) is 18.8 Å². The second-order valence-electron chi connectivity index (χ2n) is 4.63. The highest BCUT2D eigenvalue weighted by Gasteiger charge is 2.29. The van der Waals surface area contributed by atoms with E-state index in [1.165, 1.54) is 24.3 Å². The third-order valence-electron chi connectivity index (χ3n) is 2.90. The highest BCUT2D eigenvalue weighted by Crippen LogP contribution is 2.24. The number of rotatable bonds is 5. The molecule has 2 rings (SSSR count). The molecule has 0 unspecified atom stereocenters. The SMILES string of the molecule is Cc1csc([C@H](C#N)C(=O)[C@@H](C)Oc2ccc(F)c(F)c2)n1. The lowest BCUT2D eigenvalue weighted by atomic mass is 10.0. The molecule has 2 aromatic rings. The minimum Gasteiger partial charge on any atom is -0.483 e. The van der Waals surface area contributed by atoms with E-state index < -0.39 is 29.4 Å². The number of halogens is 2. The summed E-state index contributed by atoms with van der Waals surface area (Å²) in [6.07, 6.45) is -0.987. The monoisotopic (exact) mass is 322 g/mol. The molecule has 114 valence electrons. The van der Waals surface area contributed by atoms with Gasteiger partial charge in [0.15, 0.2) is 29.4 Å². The average molecular weight is 322 g/mol. The van der Waals surface area contributed by atoms with Gasteiger partial charge in [-0.15, -0.1) is 11.3 Å². The van der Waals surface area contributed by atoms with Crippen LogP contribution in [-0.2, 0) is 4.79 Å². The molecule has 0 spiro atoms. The molecule has 1 aromatic carbocycles. The first-order valence-electron chi connectivity index (χ1n) is 6.39. The standard InChI is InChI=1S/C15H12F2N2O2S/c1-8-7-22-15(19-8)11(6-18)14(20)9(2)21-10-3-4-12(16)13(17)5-10/h3-5,7,9,11H,1-2H3/t9-,11-/m1/s1. The molecule has 0 saturated heterocycles. The van der Waals surface area contributed by atoms with Gasteiger partial charge in [0.25, 0.3) is 0 Å². The summed E-state index contributed by atoms with van der Waals surface area (Å²) in [5, 5.41) is 11.3. The van der Waals surface area contributed by atoms with Gasteiger partial charge < -0.3 is 4.74 Å². The van der Waals surface area contributed by atoms with Gasteiger partial charge in [-0.3, -0.25) is 4.79 Å². The summed E-state index contributed by atoms with van der Waals surface area (Å²) in [6, 6.07) is 4.89. The minimum atomic E-state index is -1.07. The van der Waals surface area contributed by atoms with Gasteiger partial charge in [0.1, 0.15) is 10.8 Å². The number of Topliss-reactive ketones (excluding diaryl/α,β-unsaturated/α-hetero) is 1. The number of aryl methyl sites for hydroxylation is 1. The van der Waals surface area contributed by atoms with Crippen LogP contribution in [0.4, 0.5) is 8.78 Å². The van der Waals surface area contributed by atoms with Crippen molar-refractivity contribution in [1.82, 2.24) is 4.98 Å². The molecule has 4 nitrogen and oxygen atoms in total. The summed E-state index contributed by atoms with van der Waals surface area (Å²) in [4.78, 5) is 16.4. The van der Waals surface area contributed by atoms with Crippen LogP contribution in [0.1, 0.15) is 23.5 Å². The Labute approximate surface area is 130 Å². The summed E-state index contributed by atoms with van der Waals surface area (Å²) in [5.74, 6) is -3.57. The molecule has 22 heavy (non-hydrogen) atoms. The fourth-order valence-corrected chi connectivity index (χ4v) is 2.64. The number of nitrogens with zero attached hydrogens (tertiary/aromatic N) is 2. The molecule has 0 amide bonds. The summed E-state index contributed by atoms with van der Waals surface area (Å²) >= 11 is 1.22. The average Bonchev–Trinajstić information content (AvgIpc) is 2.90. The molecule has 2 atom stereocenters. The van der Waals surface area contributed by atoms with E-state index in [0.717, 1.165) is 17.8 Å². The summed E-state index contributed by atoms with van der Waals surface area (Å²) in [7, 11) is 0. The Balaban J connectivity index is 2.14. The van der Waals surface area contributed by atoms with Crippen molar-refractivity contribution >= 4 is 17.1 Å². The van der Waals surface area contributed by atoms with Crippen molar-refractivity contribution in [3.8, 4) is 11.8 Å². The number of carbonyl (C=O) groups is 1. The second kappa shape index (κ2) is 6.62. The predicted octanol–water partition coefficient (Wildman–Crippen LogP) is 3.37. The maximum absolute atomic E-state index is 13.1. The van der Waals surface area contributed by atoms with Crippen LogP contribution in [0.2, 0.25) is 0 Å². The van der Waals surface area contributed by atoms with E-state index >= 15 is 0 Å². The van der Waals surface area contributed by atoms with Gasteiger partial charge in [0.05, 0.1) is 6.07 Å². The Bertz CT molecular complexity index is 739. The van der Waals surface area contributed by atoms with Crippen LogP contribution < -0.4 is 4.74 Å². The summed E-state index contributed by atoms with van der Waals surface area (Å²) in [6.45, 7) is 3.22. The number of ketones is 1. The fourth-order valence-electron chi connectivity index (χ4n) is 1.79. The van der Waals surface area contributed by atoms with Gasteiger partial charge >= 0.3 is 0 Å². The van der Waals surface area contributed by atoms with Crippen molar-refractivity contribution in [1.29, 1.82) is 5.26 Å². The van der Waals surface area contributed by atoms with E-state index in [2.05, 4.69) is 4.98 Å². The summed E-state index contributed by atoms with van der Waals surface area (Å²) < 4.78 is 31.3. The Kier molecular flexibility index (Phi) is 4.83. The first kappa shape index (κ1) is 16.0. The van der Waals surface area contributed by atoms with Gasteiger partial charge in [-0.1, -0.05) is 0 Å². The fraction of sp³-hybridized carbons (Fsp3) is 0.267. The van der Waals surface area contributed by atoms with Crippen LogP contribution in [0.5, 0.6) is 5.75 Å². The smallest absolute Gasteiger partial charge is 0.196 e. The molecular formula is C15H12F2N2O2S. The van der Waals surface area contributed by atoms with Crippen molar-refractivity contribution in [2.75, 3.05) is 0 Å². The molecule has 0 aliphatic rings. The second-order valence-corrected chi connectivity index (χ2v) is 5.52. The van der Waals surface area contributed by atoms with Gasteiger partial charge in [0.2, 0.25) is 0 Å². The summed E-state index contributed by atoms with van der Waals surface area (Å²) in [5.41, 5.74) is 0.724. The highest BCUT2D eigenvalue weighted by molar-refractivity contribution is 7.09. The van der Waals surface area contributed by atoms with E-state index in [-0.39, 0.29) is 5.75 Å². The number of carbonyl (C=O) groups excluding carboxylic acids is 1. The van der Waals surface area contributed by atoms with Crippen molar-refractivity contribution < 1.29 is 18.3 Å². The Morgan fingerprint density at radius 3 is 2.68 bits per heavy atom. The Hall–Kier alpha value is -2.33. The van der Waals surface area contributed by atoms with Gasteiger partial charge in [0, 0.05) is 17.1 Å². The normalized spacial score (nSPS) is 13.2. The lowest BCUT2D eigenvalue weighted by Gasteiger charge is -2.15. The molecular weight excluding hydrogens is 310 g/mol. The van der Waals surface area contributed by atoms with Gasteiger partial charge in [-0.05, 0) is 26.0 Å². The van der Waals surface area contributed by atoms with E-state index in [0.29, 0.717) is 5.01 Å². The largest absolute Gasteiger partial charge is 0.483 e. The molecule has 0 aliphatic heterocycles.